The van der Waals surface area contributed by atoms with Crippen LogP contribution in [0.15, 0.2) is 70.8 Å². The lowest BCUT2D eigenvalue weighted by molar-refractivity contribution is -0.385. The number of hydrogen-bond donors (Lipinski definition) is 2. The highest BCUT2D eigenvalue weighted by Crippen LogP contribution is 2.31. The summed E-state index contributed by atoms with van der Waals surface area (Å²) in [6, 6.07) is 13.6. The minimum absolute atomic E-state index is 0.0773. The van der Waals surface area contributed by atoms with E-state index in [9.17, 15) is 18.5 Å². The van der Waals surface area contributed by atoms with E-state index in [1.165, 1.54) is 31.5 Å². The third kappa shape index (κ3) is 4.58. The van der Waals surface area contributed by atoms with Crippen molar-refractivity contribution in [2.24, 2.45) is 12.1 Å². The number of benzene rings is 2. The Balaban J connectivity index is 1.98. The number of nitro benzene ring substituents is 1. The normalized spacial score (nSPS) is 11.4. The van der Waals surface area contributed by atoms with Gasteiger partial charge in [0.25, 0.3) is 15.7 Å². The van der Waals surface area contributed by atoms with Gasteiger partial charge in [0.1, 0.15) is 10.6 Å². The Kier molecular flexibility index (Phi) is 6.02. The maximum atomic E-state index is 13.0. The lowest BCUT2D eigenvalue weighted by atomic mass is 10.3. The Hall–Kier alpha value is -3.86. The topological polar surface area (TPSA) is 128 Å². The number of rotatable bonds is 8. The molecule has 0 atom stereocenters. The fourth-order valence-electron chi connectivity index (χ4n) is 2.64. The summed E-state index contributed by atoms with van der Waals surface area (Å²) in [6.07, 6.45) is 3.34. The molecule has 156 valence electrons. The van der Waals surface area contributed by atoms with Gasteiger partial charge in [0.2, 0.25) is 0 Å². The third-order valence-electron chi connectivity index (χ3n) is 4.18. The Morgan fingerprint density at radius 2 is 1.90 bits per heavy atom. The Bertz CT molecular complexity index is 1200. The molecule has 11 heteroatoms. The Morgan fingerprint density at radius 1 is 1.13 bits per heavy atom. The zero-order valence-corrected chi connectivity index (χ0v) is 17.0. The van der Waals surface area contributed by atoms with Gasteiger partial charge in [0, 0.05) is 25.4 Å². The number of nitro groups is 1. The Morgan fingerprint density at radius 3 is 2.57 bits per heavy atom. The van der Waals surface area contributed by atoms with Crippen LogP contribution in [-0.2, 0) is 17.1 Å². The number of hydrazone groups is 1. The number of para-hydroxylation sites is 2. The molecule has 0 aliphatic carbocycles. The summed E-state index contributed by atoms with van der Waals surface area (Å²) in [6.45, 7) is 0. The van der Waals surface area contributed by atoms with E-state index < -0.39 is 14.9 Å². The van der Waals surface area contributed by atoms with Gasteiger partial charge in [-0.3, -0.25) is 20.3 Å². The minimum atomic E-state index is -4.20. The van der Waals surface area contributed by atoms with Crippen LogP contribution in [0.2, 0.25) is 0 Å². The summed E-state index contributed by atoms with van der Waals surface area (Å²) in [5.74, 6) is 0.308. The summed E-state index contributed by atoms with van der Waals surface area (Å²) in [5.41, 5.74) is 3.34. The molecular formula is C19H19N5O5S. The van der Waals surface area contributed by atoms with Crippen LogP contribution in [0.1, 0.15) is 5.69 Å². The fourth-order valence-corrected chi connectivity index (χ4v) is 3.89. The fraction of sp³-hybridized carbons (Fsp3) is 0.105. The minimum Gasteiger partial charge on any atom is -0.495 e. The molecule has 0 aliphatic rings. The molecule has 1 aromatic heterocycles. The second kappa shape index (κ2) is 8.66. The number of non-ortho nitro benzene ring substituents is 1. The second-order valence-corrected chi connectivity index (χ2v) is 7.81. The van der Waals surface area contributed by atoms with E-state index in [1.807, 2.05) is 29.9 Å². The smallest absolute Gasteiger partial charge is 0.270 e. The van der Waals surface area contributed by atoms with Crippen LogP contribution in [0.4, 0.5) is 17.1 Å². The van der Waals surface area contributed by atoms with E-state index in [4.69, 9.17) is 4.74 Å². The quantitative estimate of drug-likeness (QED) is 0.322. The number of nitrogens with one attached hydrogen (secondary N) is 2. The highest BCUT2D eigenvalue weighted by molar-refractivity contribution is 7.93. The van der Waals surface area contributed by atoms with Gasteiger partial charge in [0.05, 0.1) is 35.3 Å². The average Bonchev–Trinajstić information content (AvgIpc) is 3.13. The van der Waals surface area contributed by atoms with Crippen LogP contribution in [0.25, 0.3) is 0 Å². The number of nitrogens with zero attached hydrogens (tertiary/aromatic N) is 3. The van der Waals surface area contributed by atoms with Crippen molar-refractivity contribution in [1.82, 2.24) is 4.57 Å². The largest absolute Gasteiger partial charge is 0.495 e. The van der Waals surface area contributed by atoms with Crippen molar-refractivity contribution in [1.29, 1.82) is 0 Å². The van der Waals surface area contributed by atoms with Crippen molar-refractivity contribution in [3.63, 3.8) is 0 Å². The van der Waals surface area contributed by atoms with Crippen molar-refractivity contribution in [3.8, 4) is 5.75 Å². The van der Waals surface area contributed by atoms with E-state index in [2.05, 4.69) is 15.2 Å². The molecule has 0 radical (unpaired) electrons. The Labute approximate surface area is 173 Å². The van der Waals surface area contributed by atoms with Crippen molar-refractivity contribution in [3.05, 3.63) is 76.6 Å². The van der Waals surface area contributed by atoms with Gasteiger partial charge >= 0.3 is 0 Å². The molecule has 1 heterocycles. The molecule has 0 saturated heterocycles. The van der Waals surface area contributed by atoms with Crippen LogP contribution >= 0.6 is 0 Å². The van der Waals surface area contributed by atoms with E-state index >= 15 is 0 Å². The molecule has 0 unspecified atom stereocenters. The predicted molar refractivity (Wildman–Crippen MR) is 114 cm³/mol. The van der Waals surface area contributed by atoms with Crippen LogP contribution in [0.5, 0.6) is 5.75 Å². The van der Waals surface area contributed by atoms with E-state index in [0.29, 0.717) is 5.75 Å². The van der Waals surface area contributed by atoms with E-state index in [1.54, 1.807) is 18.2 Å². The lowest BCUT2D eigenvalue weighted by Crippen LogP contribution is -2.15. The first-order valence-corrected chi connectivity index (χ1v) is 10.1. The second-order valence-electron chi connectivity index (χ2n) is 6.16. The lowest BCUT2D eigenvalue weighted by Gasteiger charge is -2.14. The highest BCUT2D eigenvalue weighted by Gasteiger charge is 2.23. The van der Waals surface area contributed by atoms with E-state index in [0.717, 1.165) is 11.8 Å². The monoisotopic (exact) mass is 429 g/mol. The van der Waals surface area contributed by atoms with Gasteiger partial charge in [-0.1, -0.05) is 12.1 Å². The number of hydrogen-bond acceptors (Lipinski definition) is 7. The number of aromatic nitrogens is 1. The van der Waals surface area contributed by atoms with Gasteiger partial charge < -0.3 is 9.30 Å². The number of anilines is 2. The number of aryl methyl sites for hydroxylation is 1. The van der Waals surface area contributed by atoms with Gasteiger partial charge in [-0.25, -0.2) is 8.42 Å². The van der Waals surface area contributed by atoms with Crippen molar-refractivity contribution in [2.75, 3.05) is 17.3 Å². The van der Waals surface area contributed by atoms with E-state index in [-0.39, 0.29) is 22.0 Å². The molecule has 10 nitrogen and oxygen atoms in total. The molecule has 0 spiro atoms. The summed E-state index contributed by atoms with van der Waals surface area (Å²) in [7, 11) is -0.959. The van der Waals surface area contributed by atoms with Crippen molar-refractivity contribution < 1.29 is 18.1 Å². The van der Waals surface area contributed by atoms with Gasteiger partial charge in [-0.2, -0.15) is 5.10 Å². The molecular weight excluding hydrogens is 410 g/mol. The van der Waals surface area contributed by atoms with Crippen LogP contribution < -0.4 is 14.9 Å². The number of methoxy groups -OCH3 is 1. The average molecular weight is 429 g/mol. The van der Waals surface area contributed by atoms with Crippen LogP contribution in [0, 0.1) is 10.1 Å². The number of ether oxygens (including phenoxy) is 1. The standard InChI is InChI=1S/C19H19N5O5S/c1-23-11-5-6-15(23)13-20-21-17-10-9-14(24(25)26)12-19(17)30(27,28)22-16-7-3-4-8-18(16)29-2/h3-13,21-22H,1-2H3/b20-13+. The molecule has 30 heavy (non-hydrogen) atoms. The zero-order chi connectivity index (χ0) is 21.7. The first kappa shape index (κ1) is 20.9. The molecule has 0 amide bonds. The highest BCUT2D eigenvalue weighted by atomic mass is 32.2. The van der Waals surface area contributed by atoms with Crippen LogP contribution in [-0.4, -0.2) is 31.2 Å². The van der Waals surface area contributed by atoms with Gasteiger partial charge in [0.15, 0.2) is 0 Å². The maximum Gasteiger partial charge on any atom is 0.270 e. The molecule has 2 aromatic carbocycles. The number of sulfonamides is 1. The summed E-state index contributed by atoms with van der Waals surface area (Å²) in [4.78, 5) is 10.2. The molecule has 0 aliphatic heterocycles. The summed E-state index contributed by atoms with van der Waals surface area (Å²) < 4.78 is 35.4. The SMILES string of the molecule is COc1ccccc1NS(=O)(=O)c1cc([N+](=O)[O-])ccc1N/N=C/c1cccn1C. The van der Waals surface area contributed by atoms with Gasteiger partial charge in [-0.15, -0.1) is 0 Å². The molecule has 2 N–H and O–H groups in total. The first-order chi connectivity index (χ1) is 14.3. The summed E-state index contributed by atoms with van der Waals surface area (Å²) >= 11 is 0. The first-order valence-electron chi connectivity index (χ1n) is 8.66. The third-order valence-corrected chi connectivity index (χ3v) is 5.59. The van der Waals surface area contributed by atoms with Crippen molar-refractivity contribution in [2.45, 2.75) is 4.90 Å². The predicted octanol–water partition coefficient (Wildman–Crippen LogP) is 3.19. The zero-order valence-electron chi connectivity index (χ0n) is 16.1. The summed E-state index contributed by atoms with van der Waals surface area (Å²) in [5, 5.41) is 15.2. The molecule has 0 bridgehead atoms. The maximum absolute atomic E-state index is 13.0. The molecule has 3 aromatic rings. The van der Waals surface area contributed by atoms with Crippen molar-refractivity contribution >= 4 is 33.3 Å². The molecule has 3 rings (SSSR count). The molecule has 0 fully saturated rings. The molecule has 0 saturated carbocycles. The van der Waals surface area contributed by atoms with Crippen LogP contribution in [0.3, 0.4) is 0 Å². The van der Waals surface area contributed by atoms with Gasteiger partial charge in [-0.05, 0) is 30.3 Å².